The number of rotatable bonds is 4. The van der Waals surface area contributed by atoms with E-state index >= 15 is 0 Å². The van der Waals surface area contributed by atoms with Crippen molar-refractivity contribution in [3.63, 3.8) is 0 Å². The van der Waals surface area contributed by atoms with E-state index in [1.807, 2.05) is 0 Å². The van der Waals surface area contributed by atoms with E-state index in [9.17, 15) is 23.9 Å². The molecule has 0 unspecified atom stereocenters. The van der Waals surface area contributed by atoms with Crippen LogP contribution in [-0.2, 0) is 13.1 Å². The molecule has 9 heteroatoms. The molecule has 0 saturated carbocycles. The van der Waals surface area contributed by atoms with E-state index in [0.29, 0.717) is 5.56 Å². The van der Waals surface area contributed by atoms with E-state index in [1.54, 1.807) is 27.9 Å². The molecule has 3 rings (SSSR count). The summed E-state index contributed by atoms with van der Waals surface area (Å²) in [6, 6.07) is 4.15. The topological polar surface area (TPSA) is 82.8 Å². The van der Waals surface area contributed by atoms with Crippen LogP contribution in [0.15, 0.2) is 23.0 Å². The number of pyridine rings is 1. The number of halogens is 2. The fraction of sp³-hybridized carbons (Fsp3) is 0.381. The van der Waals surface area contributed by atoms with Gasteiger partial charge in [0.1, 0.15) is 11.5 Å². The number of carbonyl (C=O) groups is 2. The molecule has 0 atom stereocenters. The minimum atomic E-state index is -0.721. The number of aromatic hydroxyl groups is 1. The highest BCUT2D eigenvalue weighted by Gasteiger charge is 2.35. The number of benzene rings is 1. The minimum Gasteiger partial charge on any atom is -0.503 e. The van der Waals surface area contributed by atoms with E-state index in [1.165, 1.54) is 32.6 Å². The Morgan fingerprint density at radius 1 is 1.27 bits per heavy atom. The molecule has 1 N–H and O–H groups in total. The summed E-state index contributed by atoms with van der Waals surface area (Å²) >= 11 is 5.82. The van der Waals surface area contributed by atoms with Crippen molar-refractivity contribution in [2.75, 3.05) is 20.6 Å². The third kappa shape index (κ3) is 3.67. The first-order valence-corrected chi connectivity index (χ1v) is 9.86. The molecule has 1 aromatic carbocycles. The van der Waals surface area contributed by atoms with Gasteiger partial charge in [0, 0.05) is 39.3 Å². The normalized spacial score (nSPS) is 13.6. The first-order chi connectivity index (χ1) is 14.0. The van der Waals surface area contributed by atoms with Crippen LogP contribution in [0.5, 0.6) is 5.75 Å². The summed E-state index contributed by atoms with van der Waals surface area (Å²) in [4.78, 5) is 41.6. The summed E-state index contributed by atoms with van der Waals surface area (Å²) in [7, 11) is 3.12. The number of nitrogens with zero attached hydrogens (tertiary/aromatic N) is 3. The van der Waals surface area contributed by atoms with Crippen molar-refractivity contribution in [1.29, 1.82) is 0 Å². The van der Waals surface area contributed by atoms with Crippen LogP contribution in [0.2, 0.25) is 5.02 Å². The third-order valence-electron chi connectivity index (χ3n) is 5.11. The van der Waals surface area contributed by atoms with Crippen molar-refractivity contribution < 1.29 is 19.1 Å². The summed E-state index contributed by atoms with van der Waals surface area (Å²) < 4.78 is 14.9. The van der Waals surface area contributed by atoms with Gasteiger partial charge >= 0.3 is 0 Å². The van der Waals surface area contributed by atoms with Crippen LogP contribution in [0, 0.1) is 5.82 Å². The van der Waals surface area contributed by atoms with E-state index < -0.39 is 28.8 Å². The van der Waals surface area contributed by atoms with Crippen molar-refractivity contribution in [2.24, 2.45) is 0 Å². The molecule has 0 spiro atoms. The third-order valence-corrected chi connectivity index (χ3v) is 5.40. The van der Waals surface area contributed by atoms with Gasteiger partial charge in [-0.25, -0.2) is 4.39 Å². The standard InChI is InChI=1S/C21H23ClFN3O4/c1-11(2)15-16(20(29)24(3)4)26-8-7-25(21(30)17(26)19(28)18(15)27)10-12-5-6-14(23)13(22)9-12/h5-6,9,11,28H,7-8,10H2,1-4H3. The zero-order valence-corrected chi connectivity index (χ0v) is 18.0. The average Bonchev–Trinajstić information content (AvgIpc) is 2.68. The molecular weight excluding hydrogens is 413 g/mol. The van der Waals surface area contributed by atoms with Gasteiger partial charge in [-0.15, -0.1) is 0 Å². The van der Waals surface area contributed by atoms with Crippen LogP contribution < -0.4 is 5.43 Å². The lowest BCUT2D eigenvalue weighted by Gasteiger charge is -2.33. The van der Waals surface area contributed by atoms with Crippen molar-refractivity contribution in [3.8, 4) is 5.75 Å². The lowest BCUT2D eigenvalue weighted by molar-refractivity contribution is 0.0675. The van der Waals surface area contributed by atoms with Crippen molar-refractivity contribution in [1.82, 2.24) is 14.4 Å². The summed E-state index contributed by atoms with van der Waals surface area (Å²) in [5, 5.41) is 10.5. The molecule has 0 saturated heterocycles. The molecule has 1 aliphatic rings. The highest BCUT2D eigenvalue weighted by molar-refractivity contribution is 6.30. The molecule has 0 fully saturated rings. The van der Waals surface area contributed by atoms with Gasteiger partial charge in [0.15, 0.2) is 11.4 Å². The molecular formula is C21H23ClFN3O4. The first kappa shape index (κ1) is 21.8. The predicted octanol–water partition coefficient (Wildman–Crippen LogP) is 2.83. The van der Waals surface area contributed by atoms with Gasteiger partial charge < -0.3 is 19.5 Å². The molecule has 1 aromatic heterocycles. The van der Waals surface area contributed by atoms with Crippen LogP contribution in [0.1, 0.15) is 51.9 Å². The highest BCUT2D eigenvalue weighted by Crippen LogP contribution is 2.28. The second-order valence-corrected chi connectivity index (χ2v) is 8.18. The Kier molecular flexibility index (Phi) is 5.90. The molecule has 0 aliphatic carbocycles. The maximum atomic E-state index is 13.4. The Hall–Kier alpha value is -2.87. The zero-order chi connectivity index (χ0) is 22.3. The van der Waals surface area contributed by atoms with Gasteiger partial charge in [0.25, 0.3) is 11.8 Å². The molecule has 0 bridgehead atoms. The van der Waals surface area contributed by atoms with Crippen LogP contribution in [0.3, 0.4) is 0 Å². The summed E-state index contributed by atoms with van der Waals surface area (Å²) in [6.07, 6.45) is 0. The van der Waals surface area contributed by atoms with E-state index in [2.05, 4.69) is 0 Å². The largest absolute Gasteiger partial charge is 0.503 e. The Morgan fingerprint density at radius 3 is 2.50 bits per heavy atom. The lowest BCUT2D eigenvalue weighted by Crippen LogP contribution is -2.44. The Labute approximate surface area is 178 Å². The summed E-state index contributed by atoms with van der Waals surface area (Å²) in [5.74, 6) is -2.55. The van der Waals surface area contributed by atoms with Crippen LogP contribution in [-0.4, -0.2) is 51.9 Å². The van der Waals surface area contributed by atoms with Crippen LogP contribution in [0.4, 0.5) is 4.39 Å². The molecule has 0 radical (unpaired) electrons. The molecule has 2 amide bonds. The van der Waals surface area contributed by atoms with Crippen molar-refractivity contribution in [2.45, 2.75) is 32.9 Å². The number of hydrogen-bond donors (Lipinski definition) is 1. The molecule has 30 heavy (non-hydrogen) atoms. The van der Waals surface area contributed by atoms with Gasteiger partial charge in [-0.1, -0.05) is 31.5 Å². The fourth-order valence-electron chi connectivity index (χ4n) is 3.63. The van der Waals surface area contributed by atoms with Gasteiger partial charge in [-0.05, 0) is 23.6 Å². The van der Waals surface area contributed by atoms with E-state index in [-0.39, 0.29) is 47.5 Å². The predicted molar refractivity (Wildman–Crippen MR) is 111 cm³/mol. The second kappa shape index (κ2) is 8.10. The van der Waals surface area contributed by atoms with Crippen LogP contribution in [0.25, 0.3) is 0 Å². The maximum Gasteiger partial charge on any atom is 0.274 e. The van der Waals surface area contributed by atoms with Gasteiger partial charge in [-0.3, -0.25) is 14.4 Å². The number of fused-ring (bicyclic) bond motifs is 1. The van der Waals surface area contributed by atoms with E-state index in [4.69, 9.17) is 11.6 Å². The van der Waals surface area contributed by atoms with Crippen molar-refractivity contribution in [3.05, 3.63) is 61.8 Å². The number of hydrogen-bond acceptors (Lipinski definition) is 4. The molecule has 1 aliphatic heterocycles. The van der Waals surface area contributed by atoms with E-state index in [0.717, 1.165) is 0 Å². The number of amides is 2. The number of carbonyl (C=O) groups excluding carboxylic acids is 2. The summed E-state index contributed by atoms with van der Waals surface area (Å²) in [5.41, 5.74) is -0.0314. The molecule has 2 aromatic rings. The highest BCUT2D eigenvalue weighted by atomic mass is 35.5. The van der Waals surface area contributed by atoms with Crippen molar-refractivity contribution >= 4 is 23.4 Å². The van der Waals surface area contributed by atoms with Gasteiger partial charge in [0.2, 0.25) is 5.43 Å². The molecule has 2 heterocycles. The monoisotopic (exact) mass is 435 g/mol. The van der Waals surface area contributed by atoms with Gasteiger partial charge in [-0.2, -0.15) is 0 Å². The Balaban J connectivity index is 2.11. The first-order valence-electron chi connectivity index (χ1n) is 9.49. The van der Waals surface area contributed by atoms with Crippen LogP contribution >= 0.6 is 11.6 Å². The van der Waals surface area contributed by atoms with Gasteiger partial charge in [0.05, 0.1) is 5.02 Å². The smallest absolute Gasteiger partial charge is 0.274 e. The zero-order valence-electron chi connectivity index (χ0n) is 17.2. The SMILES string of the molecule is CC(C)c1c(C(=O)N(C)C)n2c(c(O)c1=O)C(=O)N(Cc1ccc(F)c(Cl)c1)CC2. The maximum absolute atomic E-state index is 13.4. The quantitative estimate of drug-likeness (QED) is 0.800. The average molecular weight is 436 g/mol. The Morgan fingerprint density at radius 2 is 1.93 bits per heavy atom. The number of aromatic nitrogens is 1. The fourth-order valence-corrected chi connectivity index (χ4v) is 3.83. The molecule has 7 nitrogen and oxygen atoms in total. The molecule has 160 valence electrons. The lowest BCUT2D eigenvalue weighted by atomic mass is 9.97. The second-order valence-electron chi connectivity index (χ2n) is 7.77. The minimum absolute atomic E-state index is 0.0585. The summed E-state index contributed by atoms with van der Waals surface area (Å²) in [6.45, 7) is 4.10. The Bertz CT molecular complexity index is 1090.